The van der Waals surface area contributed by atoms with Crippen molar-refractivity contribution in [2.24, 2.45) is 0 Å². The molecule has 0 saturated heterocycles. The topological polar surface area (TPSA) is 40.9 Å². The Labute approximate surface area is 39.5 Å². The minimum absolute atomic E-state index is 0. The summed E-state index contributed by atoms with van der Waals surface area (Å²) in [6, 6.07) is 0. The molecule has 6 heavy (non-hydrogen) atoms. The quantitative estimate of drug-likeness (QED) is 0.494. The highest BCUT2D eigenvalue weighted by Crippen LogP contribution is 1.65. The molecule has 0 aliphatic carbocycles. The summed E-state index contributed by atoms with van der Waals surface area (Å²) in [5.41, 5.74) is 0. The summed E-state index contributed by atoms with van der Waals surface area (Å²) in [6.07, 6.45) is 2.76. The third-order valence-corrected chi connectivity index (χ3v) is 0. The molecule has 0 heterocycles. The van der Waals surface area contributed by atoms with E-state index in [9.17, 15) is 4.21 Å². The summed E-state index contributed by atoms with van der Waals surface area (Å²) in [4.78, 5) is 0. The summed E-state index contributed by atoms with van der Waals surface area (Å²) in [6.45, 7) is 0. The maximum absolute atomic E-state index is 9.85. The van der Waals surface area contributed by atoms with E-state index < -0.39 is 9.73 Å². The number of nitrogens with one attached hydrogen (secondary N) is 1. The lowest BCUT2D eigenvalue weighted by atomic mass is 11.9. The van der Waals surface area contributed by atoms with Gasteiger partial charge in [0, 0.05) is 22.2 Å². The van der Waals surface area contributed by atoms with Gasteiger partial charge in [-0.05, 0) is 0 Å². The smallest absolute Gasteiger partial charge is 0.0383 e. The van der Waals surface area contributed by atoms with Crippen LogP contribution in [0.4, 0.5) is 0 Å². The monoisotopic (exact) mass is 109 g/mol. The van der Waals surface area contributed by atoms with Gasteiger partial charge < -0.3 is 0 Å². The van der Waals surface area contributed by atoms with Crippen molar-refractivity contribution >= 4 is 9.73 Å². The van der Waals surface area contributed by atoms with Crippen molar-refractivity contribution in [1.29, 1.82) is 4.78 Å². The predicted octanol–water partition coefficient (Wildman–Crippen LogP) is 0.929. The van der Waals surface area contributed by atoms with Gasteiger partial charge in [0.25, 0.3) is 0 Å². The Bertz CT molecular complexity index is 94.0. The second-order valence-corrected chi connectivity index (χ2v) is 3.70. The molecule has 0 fully saturated rings. The first-order valence-electron chi connectivity index (χ1n) is 1.19. The van der Waals surface area contributed by atoms with Gasteiger partial charge in [0.05, 0.1) is 0 Å². The molecule has 0 radical (unpaired) electrons. The maximum Gasteiger partial charge on any atom is 0.0383 e. The second-order valence-electron chi connectivity index (χ2n) is 1.23. The van der Waals surface area contributed by atoms with Crippen LogP contribution in [0.25, 0.3) is 0 Å². The van der Waals surface area contributed by atoms with Crippen LogP contribution in [0.15, 0.2) is 0 Å². The van der Waals surface area contributed by atoms with Crippen molar-refractivity contribution < 1.29 is 4.21 Å². The Morgan fingerprint density at radius 1 is 1.50 bits per heavy atom. The molecule has 0 bridgehead atoms. The van der Waals surface area contributed by atoms with E-state index in [1.807, 2.05) is 0 Å². The first-order valence-corrected chi connectivity index (χ1v) is 3.56. The summed E-state index contributed by atoms with van der Waals surface area (Å²) in [7, 11) is -2.17. The summed E-state index contributed by atoms with van der Waals surface area (Å²) >= 11 is 0. The van der Waals surface area contributed by atoms with Crippen LogP contribution in [0.2, 0.25) is 0 Å². The van der Waals surface area contributed by atoms with Crippen LogP contribution in [-0.4, -0.2) is 16.7 Å². The Hall–Kier alpha value is -0.0500. The molecule has 0 aliphatic heterocycles. The van der Waals surface area contributed by atoms with Crippen molar-refractivity contribution in [2.45, 2.75) is 7.43 Å². The molecule has 0 aromatic rings. The molecule has 0 aliphatic rings. The molecule has 0 aromatic carbocycles. The van der Waals surface area contributed by atoms with E-state index in [-0.39, 0.29) is 7.43 Å². The minimum atomic E-state index is -2.17. The Morgan fingerprint density at radius 2 is 1.50 bits per heavy atom. The SMILES string of the molecule is C.CS(C)(=N)=O. The van der Waals surface area contributed by atoms with Gasteiger partial charge >= 0.3 is 0 Å². The predicted molar refractivity (Wildman–Crippen MR) is 29.4 cm³/mol. The minimum Gasteiger partial charge on any atom is -0.253 e. The van der Waals surface area contributed by atoms with Crippen LogP contribution >= 0.6 is 0 Å². The number of rotatable bonds is 0. The fourth-order valence-electron chi connectivity index (χ4n) is 0. The fourth-order valence-corrected chi connectivity index (χ4v) is 0. The third-order valence-electron chi connectivity index (χ3n) is 0. The molecule has 0 aromatic heterocycles. The molecule has 3 heteroatoms. The lowest BCUT2D eigenvalue weighted by Gasteiger charge is -1.75. The number of hydrogen-bond acceptors (Lipinski definition) is 2. The molecule has 0 saturated carbocycles. The molecule has 0 rings (SSSR count). The molecular weight excluding hydrogens is 98.1 g/mol. The van der Waals surface area contributed by atoms with Crippen LogP contribution in [0.5, 0.6) is 0 Å². The van der Waals surface area contributed by atoms with Crippen molar-refractivity contribution in [3.8, 4) is 0 Å². The summed E-state index contributed by atoms with van der Waals surface area (Å²) < 4.78 is 16.3. The molecule has 0 amide bonds. The lowest BCUT2D eigenvalue weighted by Crippen LogP contribution is -1.83. The zero-order chi connectivity index (χ0) is 4.50. The van der Waals surface area contributed by atoms with Gasteiger partial charge in [-0.1, -0.05) is 7.43 Å². The molecule has 40 valence electrons. The van der Waals surface area contributed by atoms with Gasteiger partial charge in [-0.2, -0.15) is 0 Å². The molecule has 2 nitrogen and oxygen atoms in total. The fraction of sp³-hybridized carbons (Fsp3) is 1.00. The maximum atomic E-state index is 9.85. The van der Waals surface area contributed by atoms with Crippen LogP contribution in [0.3, 0.4) is 0 Å². The highest BCUT2D eigenvalue weighted by Gasteiger charge is 1.72. The van der Waals surface area contributed by atoms with Gasteiger partial charge in [-0.15, -0.1) is 0 Å². The Balaban J connectivity index is 0. The van der Waals surface area contributed by atoms with E-state index in [4.69, 9.17) is 4.78 Å². The average molecular weight is 109 g/mol. The highest BCUT2D eigenvalue weighted by atomic mass is 32.2. The molecular formula is C3H11NOS. The molecule has 0 spiro atoms. The van der Waals surface area contributed by atoms with Gasteiger partial charge in [0.2, 0.25) is 0 Å². The van der Waals surface area contributed by atoms with E-state index in [0.717, 1.165) is 0 Å². The standard InChI is InChI=1S/C2H7NOS.CH4/c1-5(2,3)4;/h3H,1-2H3;1H4. The lowest BCUT2D eigenvalue weighted by molar-refractivity contribution is 0.683. The molecule has 1 N–H and O–H groups in total. The Kier molecular flexibility index (Phi) is 3.40. The summed E-state index contributed by atoms with van der Waals surface area (Å²) in [5.74, 6) is 0. The van der Waals surface area contributed by atoms with E-state index in [1.54, 1.807) is 0 Å². The van der Waals surface area contributed by atoms with Crippen LogP contribution in [0.1, 0.15) is 7.43 Å². The van der Waals surface area contributed by atoms with Crippen molar-refractivity contribution in [1.82, 2.24) is 0 Å². The largest absolute Gasteiger partial charge is 0.253 e. The summed E-state index contributed by atoms with van der Waals surface area (Å²) in [5, 5.41) is 0. The van der Waals surface area contributed by atoms with Crippen LogP contribution in [-0.2, 0) is 9.73 Å². The molecule has 0 unspecified atom stereocenters. The van der Waals surface area contributed by atoms with E-state index in [0.29, 0.717) is 0 Å². The first kappa shape index (κ1) is 9.34. The normalized spacial score (nSPS) is 9.67. The van der Waals surface area contributed by atoms with Crippen molar-refractivity contribution in [2.75, 3.05) is 12.5 Å². The average Bonchev–Trinajstić information content (AvgIpc) is 0.722. The first-order chi connectivity index (χ1) is 2.00. The zero-order valence-corrected chi connectivity index (χ0v) is 4.13. The van der Waals surface area contributed by atoms with E-state index >= 15 is 0 Å². The van der Waals surface area contributed by atoms with E-state index in [1.165, 1.54) is 12.5 Å². The Morgan fingerprint density at radius 3 is 1.50 bits per heavy atom. The van der Waals surface area contributed by atoms with E-state index in [2.05, 4.69) is 0 Å². The van der Waals surface area contributed by atoms with Crippen molar-refractivity contribution in [3.05, 3.63) is 0 Å². The van der Waals surface area contributed by atoms with Crippen molar-refractivity contribution in [3.63, 3.8) is 0 Å². The molecule has 0 atom stereocenters. The highest BCUT2D eigenvalue weighted by molar-refractivity contribution is 7.90. The van der Waals surface area contributed by atoms with Crippen LogP contribution < -0.4 is 0 Å². The zero-order valence-electron chi connectivity index (χ0n) is 3.32. The van der Waals surface area contributed by atoms with Gasteiger partial charge in [-0.25, -0.2) is 0 Å². The van der Waals surface area contributed by atoms with Gasteiger partial charge in [-0.3, -0.25) is 8.99 Å². The van der Waals surface area contributed by atoms with Crippen LogP contribution in [0, 0.1) is 4.78 Å². The number of hydrogen-bond donors (Lipinski definition) is 1. The second kappa shape index (κ2) is 2.18. The van der Waals surface area contributed by atoms with Gasteiger partial charge in [0.15, 0.2) is 0 Å². The third kappa shape index (κ3) is 13700. The van der Waals surface area contributed by atoms with Gasteiger partial charge in [0.1, 0.15) is 0 Å².